The molecule has 1 saturated heterocycles. The lowest BCUT2D eigenvalue weighted by Crippen LogP contribution is -2.38. The summed E-state index contributed by atoms with van der Waals surface area (Å²) in [7, 11) is 0. The zero-order chi connectivity index (χ0) is 22.2. The average Bonchev–Trinajstić information content (AvgIpc) is 3.43. The van der Waals surface area contributed by atoms with Crippen LogP contribution in [-0.2, 0) is 11.3 Å². The van der Waals surface area contributed by atoms with E-state index in [2.05, 4.69) is 31.6 Å². The molecular weight excluding hydrogens is 412 g/mol. The molecule has 0 aromatic carbocycles. The summed E-state index contributed by atoms with van der Waals surface area (Å²) in [6, 6.07) is 4.03. The molecule has 1 aliphatic heterocycles. The number of carbonyl (C=O) groups is 1. The summed E-state index contributed by atoms with van der Waals surface area (Å²) in [4.78, 5) is 28.8. The summed E-state index contributed by atoms with van der Waals surface area (Å²) in [5, 5.41) is 7.51. The first kappa shape index (κ1) is 23.0. The summed E-state index contributed by atoms with van der Waals surface area (Å²) >= 11 is 1.36. The van der Waals surface area contributed by atoms with Gasteiger partial charge in [-0.2, -0.15) is 0 Å². The smallest absolute Gasteiger partial charge is 0.350 e. The molecule has 0 spiro atoms. The van der Waals surface area contributed by atoms with E-state index in [0.29, 0.717) is 29.7 Å². The highest BCUT2D eigenvalue weighted by Gasteiger charge is 2.20. The van der Waals surface area contributed by atoms with Gasteiger partial charge in [-0.3, -0.25) is 0 Å². The number of thiazole rings is 1. The third-order valence-electron chi connectivity index (χ3n) is 5.00. The van der Waals surface area contributed by atoms with E-state index in [1.807, 2.05) is 33.0 Å². The highest BCUT2D eigenvalue weighted by atomic mass is 32.1. The molecule has 0 saturated carbocycles. The maximum absolute atomic E-state index is 12.1. The molecule has 3 heterocycles. The van der Waals surface area contributed by atoms with Crippen molar-refractivity contribution in [2.75, 3.05) is 31.1 Å². The summed E-state index contributed by atoms with van der Waals surface area (Å²) in [5.41, 5.74) is 1.82. The second kappa shape index (κ2) is 11.1. The lowest BCUT2D eigenvalue weighted by atomic mass is 10.2. The van der Waals surface area contributed by atoms with Gasteiger partial charge in [-0.1, -0.05) is 0 Å². The second-order valence-electron chi connectivity index (χ2n) is 7.46. The molecule has 2 N–H and O–H groups in total. The fourth-order valence-corrected chi connectivity index (χ4v) is 4.39. The minimum Gasteiger partial charge on any atom is -0.462 e. The summed E-state index contributed by atoms with van der Waals surface area (Å²) in [6.07, 6.45) is 4.31. The number of anilines is 1. The Hall–Kier alpha value is -2.68. The number of nitrogens with one attached hydrogen (secondary N) is 2. The number of rotatable bonds is 8. The number of guanidine groups is 1. The van der Waals surface area contributed by atoms with Crippen LogP contribution < -0.4 is 15.5 Å². The Labute approximate surface area is 188 Å². The van der Waals surface area contributed by atoms with Gasteiger partial charge in [0.15, 0.2) is 5.96 Å². The van der Waals surface area contributed by atoms with E-state index >= 15 is 0 Å². The standard InChI is InChI=1S/C22H32N6O2S/c1-5-23-22(25-14-17-9-10-24-18(13-17)28-11-7-8-12-28)27-16(4)20-26-15(3)19(31-20)21(29)30-6-2/h9-10,13,16H,5-8,11-12,14H2,1-4H3,(H2,23,25,27). The average molecular weight is 445 g/mol. The van der Waals surface area contributed by atoms with Crippen molar-refractivity contribution in [3.05, 3.63) is 39.5 Å². The number of carbonyl (C=O) groups excluding carboxylic acids is 1. The Morgan fingerprint density at radius 1 is 1.35 bits per heavy atom. The Balaban J connectivity index is 1.68. The number of hydrogen-bond acceptors (Lipinski definition) is 7. The van der Waals surface area contributed by atoms with E-state index in [-0.39, 0.29) is 12.0 Å². The number of esters is 1. The second-order valence-corrected chi connectivity index (χ2v) is 8.50. The van der Waals surface area contributed by atoms with E-state index in [9.17, 15) is 4.79 Å². The maximum atomic E-state index is 12.1. The summed E-state index contributed by atoms with van der Waals surface area (Å²) in [5.74, 6) is 1.42. The van der Waals surface area contributed by atoms with Gasteiger partial charge in [0.25, 0.3) is 0 Å². The number of aromatic nitrogens is 2. The van der Waals surface area contributed by atoms with Crippen molar-refractivity contribution in [2.24, 2.45) is 4.99 Å². The first-order valence-corrected chi connectivity index (χ1v) is 11.7. The van der Waals surface area contributed by atoms with Crippen LogP contribution in [0.1, 0.15) is 65.6 Å². The highest BCUT2D eigenvalue weighted by Crippen LogP contribution is 2.24. The van der Waals surface area contributed by atoms with Crippen LogP contribution in [-0.4, -0.2) is 48.1 Å². The van der Waals surface area contributed by atoms with Gasteiger partial charge in [0, 0.05) is 25.8 Å². The van der Waals surface area contributed by atoms with Crippen LogP contribution >= 0.6 is 11.3 Å². The van der Waals surface area contributed by atoms with Gasteiger partial charge in [-0.15, -0.1) is 11.3 Å². The topological polar surface area (TPSA) is 91.7 Å². The number of hydrogen-bond donors (Lipinski definition) is 2. The number of aryl methyl sites for hydroxylation is 1. The molecule has 1 fully saturated rings. The highest BCUT2D eigenvalue weighted by molar-refractivity contribution is 7.13. The molecule has 0 radical (unpaired) electrons. The SMILES string of the molecule is CCNC(=NCc1ccnc(N2CCCC2)c1)NC(C)c1nc(C)c(C(=O)OCC)s1. The molecule has 0 aliphatic carbocycles. The van der Waals surface area contributed by atoms with Crippen LogP contribution in [0.5, 0.6) is 0 Å². The number of aliphatic imine (C=N–C) groups is 1. The summed E-state index contributed by atoms with van der Waals surface area (Å²) in [6.45, 7) is 11.5. The third kappa shape index (κ3) is 6.16. The van der Waals surface area contributed by atoms with Crippen LogP contribution in [0.4, 0.5) is 5.82 Å². The maximum Gasteiger partial charge on any atom is 0.350 e. The van der Waals surface area contributed by atoms with Crippen LogP contribution in [0.2, 0.25) is 0 Å². The Bertz CT molecular complexity index is 907. The van der Waals surface area contributed by atoms with Crippen molar-refractivity contribution < 1.29 is 9.53 Å². The zero-order valence-electron chi connectivity index (χ0n) is 18.8. The van der Waals surface area contributed by atoms with Crippen molar-refractivity contribution in [3.8, 4) is 0 Å². The fourth-order valence-electron chi connectivity index (χ4n) is 3.42. The van der Waals surface area contributed by atoms with E-state index in [4.69, 9.17) is 9.73 Å². The molecule has 2 aromatic rings. The molecule has 168 valence electrons. The van der Waals surface area contributed by atoms with E-state index in [0.717, 1.165) is 36.0 Å². The van der Waals surface area contributed by atoms with E-state index in [1.165, 1.54) is 24.2 Å². The molecule has 1 unspecified atom stereocenters. The van der Waals surface area contributed by atoms with Crippen LogP contribution in [0, 0.1) is 6.92 Å². The number of pyridine rings is 1. The molecule has 0 bridgehead atoms. The monoisotopic (exact) mass is 444 g/mol. The van der Waals surface area contributed by atoms with Crippen LogP contribution in [0.3, 0.4) is 0 Å². The largest absolute Gasteiger partial charge is 0.462 e. The van der Waals surface area contributed by atoms with Gasteiger partial charge in [-0.25, -0.2) is 19.8 Å². The van der Waals surface area contributed by atoms with E-state index < -0.39 is 0 Å². The van der Waals surface area contributed by atoms with Gasteiger partial charge in [0.05, 0.1) is 24.9 Å². The normalized spacial score (nSPS) is 15.1. The van der Waals surface area contributed by atoms with Crippen molar-refractivity contribution in [3.63, 3.8) is 0 Å². The molecule has 9 heteroatoms. The first-order chi connectivity index (χ1) is 15.0. The van der Waals surface area contributed by atoms with Gasteiger partial charge in [0.2, 0.25) is 0 Å². The number of nitrogens with zero attached hydrogens (tertiary/aromatic N) is 4. The van der Waals surface area contributed by atoms with Crippen molar-refractivity contribution in [1.82, 2.24) is 20.6 Å². The molecule has 0 amide bonds. The minimum atomic E-state index is -0.317. The van der Waals surface area contributed by atoms with Crippen LogP contribution in [0.25, 0.3) is 0 Å². The minimum absolute atomic E-state index is 0.0951. The van der Waals surface area contributed by atoms with E-state index in [1.54, 1.807) is 6.92 Å². The van der Waals surface area contributed by atoms with Gasteiger partial charge in [0.1, 0.15) is 15.7 Å². The fraction of sp³-hybridized carbons (Fsp3) is 0.545. The molecule has 3 rings (SSSR count). The molecule has 8 nitrogen and oxygen atoms in total. The Kier molecular flexibility index (Phi) is 8.22. The number of ether oxygens (including phenoxy) is 1. The predicted molar refractivity (Wildman–Crippen MR) is 125 cm³/mol. The zero-order valence-corrected chi connectivity index (χ0v) is 19.6. The molecular formula is C22H32N6O2S. The van der Waals surface area contributed by atoms with Gasteiger partial charge >= 0.3 is 5.97 Å². The van der Waals surface area contributed by atoms with Crippen molar-refractivity contribution in [1.29, 1.82) is 0 Å². The van der Waals surface area contributed by atoms with Crippen molar-refractivity contribution in [2.45, 2.75) is 53.1 Å². The Morgan fingerprint density at radius 3 is 2.84 bits per heavy atom. The molecule has 1 atom stereocenters. The molecule has 1 aliphatic rings. The molecule has 31 heavy (non-hydrogen) atoms. The molecule has 2 aromatic heterocycles. The quantitative estimate of drug-likeness (QED) is 0.366. The van der Waals surface area contributed by atoms with Crippen molar-refractivity contribution >= 4 is 29.1 Å². The summed E-state index contributed by atoms with van der Waals surface area (Å²) < 4.78 is 5.12. The lowest BCUT2D eigenvalue weighted by molar-refractivity contribution is 0.0531. The predicted octanol–water partition coefficient (Wildman–Crippen LogP) is 3.44. The van der Waals surface area contributed by atoms with Crippen LogP contribution in [0.15, 0.2) is 23.3 Å². The third-order valence-corrected chi connectivity index (χ3v) is 6.32. The Morgan fingerprint density at radius 2 is 2.13 bits per heavy atom. The van der Waals surface area contributed by atoms with Gasteiger partial charge in [-0.05, 0) is 58.2 Å². The lowest BCUT2D eigenvalue weighted by Gasteiger charge is -2.17. The van der Waals surface area contributed by atoms with Gasteiger partial charge < -0.3 is 20.3 Å². The first-order valence-electron chi connectivity index (χ1n) is 10.9.